The van der Waals surface area contributed by atoms with Crippen molar-refractivity contribution in [3.05, 3.63) is 6.20 Å². The fraction of sp³-hybridized carbons (Fsp3) is 0.727. The molecule has 0 fully saturated rings. The number of primary sulfonamides is 1. The summed E-state index contributed by atoms with van der Waals surface area (Å²) in [5.74, 6) is 0.714. The smallest absolute Gasteiger partial charge is 0.249 e. The lowest BCUT2D eigenvalue weighted by Crippen LogP contribution is -2.14. The van der Waals surface area contributed by atoms with Crippen LogP contribution in [0.15, 0.2) is 10.4 Å². The van der Waals surface area contributed by atoms with Gasteiger partial charge in [0, 0.05) is 6.04 Å². The first-order valence-corrected chi connectivity index (χ1v) is 8.40. The molecule has 1 atom stereocenters. The van der Waals surface area contributed by atoms with E-state index < -0.39 is 10.0 Å². The second-order valence-electron chi connectivity index (χ2n) is 4.90. The second-order valence-corrected chi connectivity index (χ2v) is 7.72. The van der Waals surface area contributed by atoms with Gasteiger partial charge in [-0.1, -0.05) is 38.0 Å². The van der Waals surface area contributed by atoms with Crippen LogP contribution in [0.5, 0.6) is 0 Å². The number of nitrogens with one attached hydrogen (secondary N) is 1. The summed E-state index contributed by atoms with van der Waals surface area (Å²) in [6.07, 6.45) is 4.69. The Bertz CT molecular complexity index is 468. The predicted octanol–water partition coefficient (Wildman–Crippen LogP) is 2.42. The Morgan fingerprint density at radius 1 is 1.39 bits per heavy atom. The van der Waals surface area contributed by atoms with Crippen LogP contribution in [-0.2, 0) is 10.0 Å². The van der Waals surface area contributed by atoms with Gasteiger partial charge in [0.15, 0.2) is 9.34 Å². The molecule has 3 N–H and O–H groups in total. The largest absolute Gasteiger partial charge is 0.359 e. The van der Waals surface area contributed by atoms with E-state index in [1.807, 2.05) is 0 Å². The van der Waals surface area contributed by atoms with E-state index in [-0.39, 0.29) is 10.3 Å². The van der Waals surface area contributed by atoms with Gasteiger partial charge < -0.3 is 5.32 Å². The molecular weight excluding hydrogens is 270 g/mol. The Morgan fingerprint density at radius 2 is 2.06 bits per heavy atom. The number of thiazole rings is 1. The Balaban J connectivity index is 2.45. The number of hydrogen-bond donors (Lipinski definition) is 2. The molecule has 1 heterocycles. The zero-order chi connectivity index (χ0) is 13.8. The average molecular weight is 291 g/mol. The molecule has 18 heavy (non-hydrogen) atoms. The van der Waals surface area contributed by atoms with Crippen LogP contribution in [0, 0.1) is 5.92 Å². The van der Waals surface area contributed by atoms with Gasteiger partial charge in [0.2, 0.25) is 10.0 Å². The van der Waals surface area contributed by atoms with Gasteiger partial charge in [0.25, 0.3) is 0 Å². The second kappa shape index (κ2) is 6.49. The van der Waals surface area contributed by atoms with Gasteiger partial charge in [-0.3, -0.25) is 0 Å². The molecule has 1 unspecified atom stereocenters. The number of sulfonamides is 1. The van der Waals surface area contributed by atoms with Crippen LogP contribution in [0.1, 0.15) is 40.0 Å². The number of rotatable bonds is 7. The zero-order valence-electron chi connectivity index (χ0n) is 11.0. The monoisotopic (exact) mass is 291 g/mol. The molecule has 1 rings (SSSR count). The fourth-order valence-corrected chi connectivity index (χ4v) is 3.14. The van der Waals surface area contributed by atoms with Crippen molar-refractivity contribution < 1.29 is 8.42 Å². The first-order chi connectivity index (χ1) is 8.29. The van der Waals surface area contributed by atoms with Gasteiger partial charge in [-0.2, -0.15) is 0 Å². The van der Waals surface area contributed by atoms with E-state index in [9.17, 15) is 8.42 Å². The zero-order valence-corrected chi connectivity index (χ0v) is 12.6. The highest BCUT2D eigenvalue weighted by molar-refractivity contribution is 7.91. The molecule has 7 heteroatoms. The third-order valence-electron chi connectivity index (χ3n) is 2.55. The highest BCUT2D eigenvalue weighted by Crippen LogP contribution is 2.22. The van der Waals surface area contributed by atoms with Crippen LogP contribution in [0.2, 0.25) is 0 Å². The summed E-state index contributed by atoms with van der Waals surface area (Å²) in [5, 5.41) is 8.83. The van der Waals surface area contributed by atoms with Gasteiger partial charge in [0.1, 0.15) is 0 Å². The molecule has 1 aromatic rings. The number of anilines is 1. The van der Waals surface area contributed by atoms with Crippen LogP contribution in [0.25, 0.3) is 0 Å². The van der Waals surface area contributed by atoms with Gasteiger partial charge in [0.05, 0.1) is 6.20 Å². The normalized spacial score (nSPS) is 13.8. The molecule has 0 saturated carbocycles. The van der Waals surface area contributed by atoms with E-state index >= 15 is 0 Å². The van der Waals surface area contributed by atoms with Crippen LogP contribution in [-0.4, -0.2) is 19.4 Å². The van der Waals surface area contributed by atoms with Gasteiger partial charge in [-0.25, -0.2) is 18.5 Å². The first kappa shape index (κ1) is 15.4. The fourth-order valence-electron chi connectivity index (χ4n) is 1.57. The van der Waals surface area contributed by atoms with Crippen LogP contribution >= 0.6 is 11.3 Å². The van der Waals surface area contributed by atoms with E-state index in [0.717, 1.165) is 24.2 Å². The third kappa shape index (κ3) is 5.32. The van der Waals surface area contributed by atoms with Gasteiger partial charge >= 0.3 is 0 Å². The number of hydrogen-bond acceptors (Lipinski definition) is 5. The highest BCUT2D eigenvalue weighted by atomic mass is 32.2. The molecule has 0 bridgehead atoms. The summed E-state index contributed by atoms with van der Waals surface area (Å²) in [5.41, 5.74) is 0. The topological polar surface area (TPSA) is 85.1 Å². The minimum atomic E-state index is -3.63. The molecule has 0 saturated heterocycles. The van der Waals surface area contributed by atoms with Crippen LogP contribution in [0.3, 0.4) is 0 Å². The Kier molecular flexibility index (Phi) is 5.55. The third-order valence-corrected chi connectivity index (χ3v) is 4.89. The predicted molar refractivity (Wildman–Crippen MR) is 75.3 cm³/mol. The van der Waals surface area contributed by atoms with E-state index in [1.165, 1.54) is 12.6 Å². The van der Waals surface area contributed by atoms with Crippen LogP contribution in [0.4, 0.5) is 5.13 Å². The van der Waals surface area contributed by atoms with Crippen molar-refractivity contribution in [3.8, 4) is 0 Å². The average Bonchev–Trinajstić information content (AvgIpc) is 2.64. The molecule has 104 valence electrons. The molecule has 0 amide bonds. The maximum atomic E-state index is 11.1. The van der Waals surface area contributed by atoms with Crippen molar-refractivity contribution in [1.29, 1.82) is 0 Å². The molecule has 0 aliphatic heterocycles. The van der Waals surface area contributed by atoms with E-state index in [1.54, 1.807) is 0 Å². The SMILES string of the molecule is CC(C)CCCC(C)Nc1ncc(S(N)(=O)=O)s1. The Hall–Kier alpha value is -0.660. The molecule has 0 aliphatic rings. The van der Waals surface area contributed by atoms with Gasteiger partial charge in [-0.15, -0.1) is 0 Å². The van der Waals surface area contributed by atoms with E-state index in [0.29, 0.717) is 11.0 Å². The summed E-state index contributed by atoms with van der Waals surface area (Å²) < 4.78 is 22.3. The lowest BCUT2D eigenvalue weighted by atomic mass is 10.0. The maximum Gasteiger partial charge on any atom is 0.249 e. The highest BCUT2D eigenvalue weighted by Gasteiger charge is 2.13. The maximum absolute atomic E-state index is 11.1. The lowest BCUT2D eigenvalue weighted by molar-refractivity contribution is 0.520. The number of nitrogens with zero attached hydrogens (tertiary/aromatic N) is 1. The van der Waals surface area contributed by atoms with E-state index in [4.69, 9.17) is 5.14 Å². The van der Waals surface area contributed by atoms with Crippen molar-refractivity contribution in [2.24, 2.45) is 11.1 Å². The summed E-state index contributed by atoms with van der Waals surface area (Å²) in [6.45, 7) is 6.48. The molecule has 0 radical (unpaired) electrons. The van der Waals surface area contributed by atoms with Crippen molar-refractivity contribution in [1.82, 2.24) is 4.98 Å². The van der Waals surface area contributed by atoms with Crippen molar-refractivity contribution in [3.63, 3.8) is 0 Å². The van der Waals surface area contributed by atoms with E-state index in [2.05, 4.69) is 31.1 Å². The Labute approximate surface area is 113 Å². The number of nitrogens with two attached hydrogens (primary N) is 1. The standard InChI is InChI=1S/C11H21N3O2S2/c1-8(2)5-4-6-9(3)14-11-13-7-10(17-11)18(12,15)16/h7-9H,4-6H2,1-3H3,(H,13,14)(H2,12,15,16). The molecule has 0 aromatic carbocycles. The molecular formula is C11H21N3O2S2. The molecule has 0 aliphatic carbocycles. The molecule has 1 aromatic heterocycles. The quantitative estimate of drug-likeness (QED) is 0.808. The summed E-state index contributed by atoms with van der Waals surface area (Å²) in [6, 6.07) is 0.281. The lowest BCUT2D eigenvalue weighted by Gasteiger charge is -2.13. The van der Waals surface area contributed by atoms with Crippen molar-refractivity contribution in [2.45, 2.75) is 50.3 Å². The van der Waals surface area contributed by atoms with Crippen molar-refractivity contribution >= 4 is 26.5 Å². The van der Waals surface area contributed by atoms with Crippen molar-refractivity contribution in [2.75, 3.05) is 5.32 Å². The minimum Gasteiger partial charge on any atom is -0.359 e. The first-order valence-electron chi connectivity index (χ1n) is 6.04. The minimum absolute atomic E-state index is 0.0966. The number of aromatic nitrogens is 1. The molecule has 0 spiro atoms. The van der Waals surface area contributed by atoms with Gasteiger partial charge in [-0.05, 0) is 19.3 Å². The van der Waals surface area contributed by atoms with Crippen LogP contribution < -0.4 is 10.5 Å². The summed E-state index contributed by atoms with van der Waals surface area (Å²) >= 11 is 1.07. The summed E-state index contributed by atoms with van der Waals surface area (Å²) in [7, 11) is -3.63. The molecule has 5 nitrogen and oxygen atoms in total. The Morgan fingerprint density at radius 3 is 2.56 bits per heavy atom. The summed E-state index contributed by atoms with van der Waals surface area (Å²) in [4.78, 5) is 4.01.